The number of benzene rings is 14. The average Bonchev–Trinajstić information content (AvgIpc) is 1.58. The van der Waals surface area contributed by atoms with Crippen LogP contribution in [-0.2, 0) is 0 Å². The summed E-state index contributed by atoms with van der Waals surface area (Å²) >= 11 is 0. The van der Waals surface area contributed by atoms with Crippen molar-refractivity contribution in [2.24, 2.45) is 0 Å². The molecule has 0 fully saturated rings. The predicted octanol–water partition coefficient (Wildman–Crippen LogP) is 22.6. The normalized spacial score (nSPS) is 12.1. The minimum absolute atomic E-state index is 0.543. The van der Waals surface area contributed by atoms with E-state index in [4.69, 9.17) is 33.8 Å². The average molecular weight is 1310 g/mol. The van der Waals surface area contributed by atoms with Crippen LogP contribution in [0, 0.1) is 0 Å². The molecule has 14 aromatic carbocycles. The first-order valence-corrected chi connectivity index (χ1v) is 34.1. The van der Waals surface area contributed by atoms with Gasteiger partial charge in [-0.25, -0.2) is 24.9 Å². The number of para-hydroxylation sites is 8. The standard InChI is InChI=1S/C90H52N10O2/c1-7-33-74-62(22-1)63-23-2-8-34-75(63)98(74)58-42-45-80-73(49-58)65-25-4-10-36-77(65)100(80)90-94-52-92-88(96-90)55-19-13-18-53(46-55)61-29-15-30-69-67-43-40-54(48-83(67)102-85(61)69)60-28-17-38-81-84(60)70-27-5-11-37-78(70)99(81)59-41-44-79-72(50-59)64-24-3-9-35-76(64)97(79)57-21-14-20-56(47-57)87-91-51-93-89(95-87)71-32-16-31-68-66-26-6-12-39-82(66)101-86(68)71/h1-52H. The molecule has 0 saturated heterocycles. The summed E-state index contributed by atoms with van der Waals surface area (Å²) in [4.78, 5) is 29.3. The Morgan fingerprint density at radius 1 is 0.225 bits per heavy atom. The zero-order chi connectivity index (χ0) is 66.7. The lowest BCUT2D eigenvalue weighted by molar-refractivity contribution is 0.669. The largest absolute Gasteiger partial charge is 0.455 e. The summed E-state index contributed by atoms with van der Waals surface area (Å²) in [6.07, 6.45) is 3.21. The van der Waals surface area contributed by atoms with E-state index in [0.717, 1.165) is 160 Å². The lowest BCUT2D eigenvalue weighted by Gasteiger charge is -2.12. The van der Waals surface area contributed by atoms with Gasteiger partial charge in [0.15, 0.2) is 17.5 Å². The third-order valence-electron chi connectivity index (χ3n) is 20.7. The molecule has 0 saturated carbocycles. The summed E-state index contributed by atoms with van der Waals surface area (Å²) in [7, 11) is 0. The van der Waals surface area contributed by atoms with E-state index in [9.17, 15) is 0 Å². The van der Waals surface area contributed by atoms with E-state index in [1.165, 1.54) is 27.2 Å². The lowest BCUT2D eigenvalue weighted by atomic mass is 9.97. The summed E-state index contributed by atoms with van der Waals surface area (Å²) in [5.41, 5.74) is 21.8. The van der Waals surface area contributed by atoms with E-state index in [1.54, 1.807) is 12.7 Å². The van der Waals surface area contributed by atoms with Gasteiger partial charge < -0.3 is 22.5 Å². The molecule has 0 radical (unpaired) electrons. The molecule has 8 aromatic heterocycles. The van der Waals surface area contributed by atoms with Gasteiger partial charge in [0.1, 0.15) is 35.0 Å². The fourth-order valence-corrected chi connectivity index (χ4v) is 16.3. The Morgan fingerprint density at radius 2 is 0.657 bits per heavy atom. The van der Waals surface area contributed by atoms with E-state index in [2.05, 4.69) is 296 Å². The number of rotatable bonds is 9. The molecule has 102 heavy (non-hydrogen) atoms. The Morgan fingerprint density at radius 3 is 1.35 bits per heavy atom. The highest BCUT2D eigenvalue weighted by molar-refractivity contribution is 6.19. The third kappa shape index (κ3) is 8.31. The monoisotopic (exact) mass is 1300 g/mol. The van der Waals surface area contributed by atoms with Crippen LogP contribution in [0.4, 0.5) is 0 Å². The van der Waals surface area contributed by atoms with Crippen molar-refractivity contribution in [3.8, 4) is 79.4 Å². The zero-order valence-corrected chi connectivity index (χ0v) is 54.3. The van der Waals surface area contributed by atoms with Gasteiger partial charge in [-0.1, -0.05) is 188 Å². The SMILES string of the molecule is c1cc(-c2ncnc(-n3c4ccccc4c4cc(-n5c6ccccc6c6ccccc65)ccc43)n2)cc(-c2cccc3c2oc2cc(-c4cccc5c4c4ccccc4n5-c4ccc5c(c4)c4ccccc4n5-c4cccc(-c5ncnc(-c6cccc7c6oc6ccccc67)n5)c4)ccc23)c1. The van der Waals surface area contributed by atoms with E-state index in [0.29, 0.717) is 23.4 Å². The third-order valence-corrected chi connectivity index (χ3v) is 20.7. The molecule has 0 bridgehead atoms. The fourth-order valence-electron chi connectivity index (χ4n) is 16.3. The molecule has 0 aliphatic rings. The van der Waals surface area contributed by atoms with Crippen molar-refractivity contribution in [1.29, 1.82) is 0 Å². The van der Waals surface area contributed by atoms with Gasteiger partial charge in [-0.05, 0) is 132 Å². The van der Waals surface area contributed by atoms with Crippen LogP contribution in [0.25, 0.3) is 211 Å². The topological polar surface area (TPSA) is 123 Å². The van der Waals surface area contributed by atoms with Gasteiger partial charge in [0, 0.05) is 98.4 Å². The highest BCUT2D eigenvalue weighted by Crippen LogP contribution is 2.45. The van der Waals surface area contributed by atoms with Crippen molar-refractivity contribution < 1.29 is 8.83 Å². The van der Waals surface area contributed by atoms with Crippen LogP contribution in [0.5, 0.6) is 0 Å². The fraction of sp³-hybridized carbons (Fsp3) is 0. The van der Waals surface area contributed by atoms with Gasteiger partial charge in [0.2, 0.25) is 5.95 Å². The molecular weight excluding hydrogens is 1250 g/mol. The van der Waals surface area contributed by atoms with Crippen LogP contribution < -0.4 is 0 Å². The predicted molar refractivity (Wildman–Crippen MR) is 412 cm³/mol. The second-order valence-electron chi connectivity index (χ2n) is 26.2. The second kappa shape index (κ2) is 21.7. The first-order chi connectivity index (χ1) is 50.6. The van der Waals surface area contributed by atoms with Crippen LogP contribution in [-0.4, -0.2) is 48.2 Å². The van der Waals surface area contributed by atoms with Crippen LogP contribution in [0.1, 0.15) is 0 Å². The highest BCUT2D eigenvalue weighted by Gasteiger charge is 2.24. The molecule has 474 valence electrons. The maximum atomic E-state index is 7.06. The van der Waals surface area contributed by atoms with Crippen LogP contribution in [0.3, 0.4) is 0 Å². The Hall–Kier alpha value is -14.1. The number of furan rings is 2. The molecule has 0 spiro atoms. The number of nitrogens with zero attached hydrogens (tertiary/aromatic N) is 10. The van der Waals surface area contributed by atoms with Crippen molar-refractivity contribution in [3.05, 3.63) is 316 Å². The van der Waals surface area contributed by atoms with E-state index in [1.807, 2.05) is 30.3 Å². The molecule has 8 heterocycles. The molecule has 0 aliphatic carbocycles. The van der Waals surface area contributed by atoms with Crippen LogP contribution >= 0.6 is 0 Å². The van der Waals surface area contributed by atoms with E-state index >= 15 is 0 Å². The van der Waals surface area contributed by atoms with Crippen LogP contribution in [0.2, 0.25) is 0 Å². The Labute approximate surface area is 580 Å². The minimum atomic E-state index is 0.543. The summed E-state index contributed by atoms with van der Waals surface area (Å²) in [6, 6.07) is 108. The maximum Gasteiger partial charge on any atom is 0.238 e. The Bertz CT molecular complexity index is 7250. The summed E-state index contributed by atoms with van der Waals surface area (Å²) < 4.78 is 22.7. The van der Waals surface area contributed by atoms with Gasteiger partial charge in [-0.3, -0.25) is 4.57 Å². The van der Waals surface area contributed by atoms with Crippen molar-refractivity contribution in [2.75, 3.05) is 0 Å². The molecular formula is C90H52N10O2. The number of hydrogen-bond donors (Lipinski definition) is 0. The first kappa shape index (κ1) is 56.0. The zero-order valence-electron chi connectivity index (χ0n) is 54.3. The first-order valence-electron chi connectivity index (χ1n) is 34.1. The summed E-state index contributed by atoms with van der Waals surface area (Å²) in [5.74, 6) is 2.24. The quantitative estimate of drug-likeness (QED) is 0.140. The van der Waals surface area contributed by atoms with E-state index < -0.39 is 0 Å². The Balaban J connectivity index is 0.601. The lowest BCUT2D eigenvalue weighted by Crippen LogP contribution is -2.03. The van der Waals surface area contributed by atoms with Gasteiger partial charge in [0.25, 0.3) is 0 Å². The second-order valence-corrected chi connectivity index (χ2v) is 26.2. The highest BCUT2D eigenvalue weighted by atomic mass is 16.3. The molecule has 12 nitrogen and oxygen atoms in total. The van der Waals surface area contributed by atoms with Gasteiger partial charge in [-0.15, -0.1) is 0 Å². The smallest absolute Gasteiger partial charge is 0.238 e. The maximum absolute atomic E-state index is 7.06. The van der Waals surface area contributed by atoms with Crippen molar-refractivity contribution in [1.82, 2.24) is 48.2 Å². The molecule has 22 aromatic rings. The Kier molecular flexibility index (Phi) is 11.9. The molecule has 0 atom stereocenters. The van der Waals surface area contributed by atoms with E-state index in [-0.39, 0.29) is 0 Å². The molecule has 0 amide bonds. The number of fused-ring (bicyclic) bond motifs is 18. The van der Waals surface area contributed by atoms with Gasteiger partial charge in [0.05, 0.1) is 49.7 Å². The molecule has 12 heteroatoms. The molecule has 22 rings (SSSR count). The van der Waals surface area contributed by atoms with Gasteiger partial charge in [-0.2, -0.15) is 4.98 Å². The van der Waals surface area contributed by atoms with Crippen molar-refractivity contribution in [2.45, 2.75) is 0 Å². The van der Waals surface area contributed by atoms with Crippen molar-refractivity contribution in [3.63, 3.8) is 0 Å². The molecule has 0 aliphatic heterocycles. The summed E-state index contributed by atoms with van der Waals surface area (Å²) in [5, 5.41) is 13.5. The van der Waals surface area contributed by atoms with Crippen LogP contribution in [0.15, 0.2) is 325 Å². The molecule has 0 unspecified atom stereocenters. The minimum Gasteiger partial charge on any atom is -0.455 e. The summed E-state index contributed by atoms with van der Waals surface area (Å²) in [6.45, 7) is 0. The number of aromatic nitrogens is 10. The van der Waals surface area contributed by atoms with Crippen molar-refractivity contribution >= 4 is 131 Å². The number of hydrogen-bond acceptors (Lipinski definition) is 8. The van der Waals surface area contributed by atoms with Gasteiger partial charge >= 0.3 is 0 Å². The molecule has 0 N–H and O–H groups in total.